The Morgan fingerprint density at radius 3 is 2.03 bits per heavy atom. The number of hydrogen-bond acceptors (Lipinski definition) is 3. The fraction of sp³-hybridized carbons (Fsp3) is 0.538. The molecule has 2 aliphatic heterocycles. The minimum Gasteiger partial charge on any atom is -0.366 e. The number of ether oxygens (including phenoxy) is 1. The molecule has 0 aromatic heterocycles. The molecule has 154 valence electrons. The molecule has 0 amide bonds. The smallest absolute Gasteiger partial charge is 0.0829 e. The van der Waals surface area contributed by atoms with Gasteiger partial charge in [-0.3, -0.25) is 4.90 Å². The van der Waals surface area contributed by atoms with Gasteiger partial charge in [0, 0.05) is 32.7 Å². The number of morpholine rings is 1. The minimum atomic E-state index is 0.0605. The van der Waals surface area contributed by atoms with Crippen molar-refractivity contribution in [1.29, 1.82) is 0 Å². The monoisotopic (exact) mass is 390 g/mol. The van der Waals surface area contributed by atoms with Crippen LogP contribution in [0.5, 0.6) is 0 Å². The van der Waals surface area contributed by atoms with Crippen molar-refractivity contribution >= 4 is 0 Å². The lowest BCUT2D eigenvalue weighted by Gasteiger charge is -2.47. The fourth-order valence-corrected chi connectivity index (χ4v) is 5.39. The van der Waals surface area contributed by atoms with Crippen LogP contribution in [0.1, 0.15) is 43.2 Å². The van der Waals surface area contributed by atoms with E-state index in [2.05, 4.69) is 70.5 Å². The van der Waals surface area contributed by atoms with Crippen LogP contribution < -0.4 is 0 Å². The second-order valence-corrected chi connectivity index (χ2v) is 9.53. The summed E-state index contributed by atoms with van der Waals surface area (Å²) in [6.45, 7) is 6.81. The van der Waals surface area contributed by atoms with E-state index in [1.54, 1.807) is 0 Å². The zero-order valence-electron chi connectivity index (χ0n) is 17.6. The van der Waals surface area contributed by atoms with Crippen LogP contribution in [0.15, 0.2) is 60.7 Å². The van der Waals surface area contributed by atoms with Crippen LogP contribution in [0.4, 0.5) is 0 Å². The Hall–Kier alpha value is -1.68. The molecule has 2 aromatic carbocycles. The maximum Gasteiger partial charge on any atom is 0.0829 e. The summed E-state index contributed by atoms with van der Waals surface area (Å²) < 4.78 is 6.90. The molecule has 29 heavy (non-hydrogen) atoms. The van der Waals surface area contributed by atoms with Crippen molar-refractivity contribution in [2.24, 2.45) is 0 Å². The molecule has 1 unspecified atom stereocenters. The Labute approximate surface area is 175 Å². The van der Waals surface area contributed by atoms with Crippen molar-refractivity contribution in [1.82, 2.24) is 9.80 Å². The minimum absolute atomic E-state index is 0.0605. The average Bonchev–Trinajstić information content (AvgIpc) is 3.51. The lowest BCUT2D eigenvalue weighted by atomic mass is 9.90. The summed E-state index contributed by atoms with van der Waals surface area (Å²) in [5.41, 5.74) is 3.10. The van der Waals surface area contributed by atoms with Gasteiger partial charge < -0.3 is 9.64 Å². The summed E-state index contributed by atoms with van der Waals surface area (Å²) in [5, 5.41) is 0. The van der Waals surface area contributed by atoms with E-state index in [9.17, 15) is 0 Å². The van der Waals surface area contributed by atoms with Crippen LogP contribution in [-0.2, 0) is 17.7 Å². The van der Waals surface area contributed by atoms with Gasteiger partial charge in [0.05, 0.1) is 11.2 Å². The molecular weight excluding hydrogens is 356 g/mol. The lowest BCUT2D eigenvalue weighted by molar-refractivity contribution is -0.176. The maximum absolute atomic E-state index is 6.90. The van der Waals surface area contributed by atoms with Crippen molar-refractivity contribution < 1.29 is 4.74 Å². The number of likely N-dealkylation sites (tertiary alicyclic amines) is 1. The van der Waals surface area contributed by atoms with Gasteiger partial charge in [0.2, 0.25) is 0 Å². The predicted molar refractivity (Wildman–Crippen MR) is 118 cm³/mol. The third-order valence-corrected chi connectivity index (χ3v) is 7.06. The Morgan fingerprint density at radius 1 is 0.690 bits per heavy atom. The first kappa shape index (κ1) is 19.3. The number of nitrogens with zero attached hydrogens (tertiary/aromatic N) is 2. The Bertz CT molecular complexity index is 789. The van der Waals surface area contributed by atoms with Crippen LogP contribution in [0.3, 0.4) is 0 Å². The van der Waals surface area contributed by atoms with E-state index in [0.29, 0.717) is 0 Å². The van der Waals surface area contributed by atoms with Crippen LogP contribution in [0.25, 0.3) is 0 Å². The molecule has 2 saturated heterocycles. The van der Waals surface area contributed by atoms with Crippen molar-refractivity contribution in [2.75, 3.05) is 32.7 Å². The van der Waals surface area contributed by atoms with E-state index in [4.69, 9.17) is 4.74 Å². The Balaban J connectivity index is 1.22. The molecule has 3 heteroatoms. The van der Waals surface area contributed by atoms with Crippen molar-refractivity contribution in [3.8, 4) is 0 Å². The molecule has 3 nitrogen and oxygen atoms in total. The van der Waals surface area contributed by atoms with Crippen LogP contribution in [0.2, 0.25) is 0 Å². The molecule has 2 heterocycles. The molecule has 3 fully saturated rings. The zero-order valence-corrected chi connectivity index (χ0v) is 17.6. The second-order valence-electron chi connectivity index (χ2n) is 9.53. The summed E-state index contributed by atoms with van der Waals surface area (Å²) in [5.74, 6) is 0. The van der Waals surface area contributed by atoms with Gasteiger partial charge in [0.15, 0.2) is 0 Å². The largest absolute Gasteiger partial charge is 0.366 e. The molecule has 5 rings (SSSR count). The molecular formula is C26H34N2O. The Morgan fingerprint density at radius 2 is 1.34 bits per heavy atom. The van der Waals surface area contributed by atoms with Gasteiger partial charge in [-0.25, -0.2) is 0 Å². The first-order valence-electron chi connectivity index (χ1n) is 11.5. The van der Waals surface area contributed by atoms with Gasteiger partial charge in [-0.2, -0.15) is 0 Å². The first-order chi connectivity index (χ1) is 14.2. The Kier molecular flexibility index (Phi) is 5.47. The lowest BCUT2D eigenvalue weighted by Crippen LogP contribution is -2.56. The molecule has 2 spiro atoms. The topological polar surface area (TPSA) is 15.7 Å². The summed E-state index contributed by atoms with van der Waals surface area (Å²) >= 11 is 0. The van der Waals surface area contributed by atoms with E-state index in [-0.39, 0.29) is 11.2 Å². The van der Waals surface area contributed by atoms with E-state index >= 15 is 0 Å². The quantitative estimate of drug-likeness (QED) is 0.747. The highest BCUT2D eigenvalue weighted by molar-refractivity contribution is 5.17. The van der Waals surface area contributed by atoms with Gasteiger partial charge >= 0.3 is 0 Å². The highest BCUT2D eigenvalue weighted by atomic mass is 16.5. The third kappa shape index (κ3) is 4.74. The SMILES string of the molecule is c1ccc(CCN2CCCC3(CC2)CN(Cc2ccccc2)CC2(CC2)O3)cc1. The van der Waals surface area contributed by atoms with Gasteiger partial charge in [0.1, 0.15) is 0 Å². The molecule has 2 aromatic rings. The van der Waals surface area contributed by atoms with Crippen molar-refractivity contribution in [3.63, 3.8) is 0 Å². The summed E-state index contributed by atoms with van der Waals surface area (Å²) in [6, 6.07) is 21.9. The van der Waals surface area contributed by atoms with E-state index < -0.39 is 0 Å². The molecule has 0 N–H and O–H groups in total. The van der Waals surface area contributed by atoms with Crippen LogP contribution >= 0.6 is 0 Å². The number of rotatable bonds is 5. The molecule has 0 bridgehead atoms. The van der Waals surface area contributed by atoms with Crippen LogP contribution in [0, 0.1) is 0 Å². The van der Waals surface area contributed by atoms with Crippen molar-refractivity contribution in [2.45, 2.75) is 56.3 Å². The molecule has 1 saturated carbocycles. The third-order valence-electron chi connectivity index (χ3n) is 7.06. The van der Waals surface area contributed by atoms with Crippen LogP contribution in [-0.4, -0.2) is 53.7 Å². The van der Waals surface area contributed by atoms with Gasteiger partial charge in [-0.1, -0.05) is 60.7 Å². The zero-order chi connectivity index (χ0) is 19.6. The number of hydrogen-bond donors (Lipinski definition) is 0. The second kappa shape index (κ2) is 8.22. The summed E-state index contributed by atoms with van der Waals surface area (Å²) in [6.07, 6.45) is 7.29. The molecule has 3 aliphatic rings. The predicted octanol–water partition coefficient (Wildman–Crippen LogP) is 4.52. The normalized spacial score (nSPS) is 27.2. The highest BCUT2D eigenvalue weighted by Crippen LogP contribution is 2.49. The van der Waals surface area contributed by atoms with Gasteiger partial charge in [-0.15, -0.1) is 0 Å². The van der Waals surface area contributed by atoms with Gasteiger partial charge in [0.25, 0.3) is 0 Å². The van der Waals surface area contributed by atoms with Gasteiger partial charge in [-0.05, 0) is 56.2 Å². The molecule has 1 atom stereocenters. The molecule has 0 radical (unpaired) electrons. The van der Waals surface area contributed by atoms with E-state index in [0.717, 1.165) is 26.1 Å². The summed E-state index contributed by atoms with van der Waals surface area (Å²) in [4.78, 5) is 5.35. The standard InChI is InChI=1S/C26H34N2O/c1-3-8-23(9-4-1)12-18-27-17-7-13-25(16-19-27)21-28(22-26(29-25)14-15-26)20-24-10-5-2-6-11-24/h1-6,8-11H,7,12-22H2. The summed E-state index contributed by atoms with van der Waals surface area (Å²) in [7, 11) is 0. The maximum atomic E-state index is 6.90. The molecule has 1 aliphatic carbocycles. The van der Waals surface area contributed by atoms with E-state index in [1.165, 1.54) is 62.9 Å². The fourth-order valence-electron chi connectivity index (χ4n) is 5.39. The first-order valence-corrected chi connectivity index (χ1v) is 11.5. The average molecular weight is 391 g/mol. The highest BCUT2D eigenvalue weighted by Gasteiger charge is 2.55. The number of benzene rings is 2. The van der Waals surface area contributed by atoms with Crippen molar-refractivity contribution in [3.05, 3.63) is 71.8 Å². The van der Waals surface area contributed by atoms with E-state index in [1.807, 2.05) is 0 Å².